The Labute approximate surface area is 84.2 Å². The molecule has 0 bridgehead atoms. The molecule has 0 aromatic rings. The monoisotopic (exact) mass is 192 g/mol. The maximum Gasteiger partial charge on any atom is 0.0829 e. The molecule has 2 N–H and O–H groups in total. The van der Waals surface area contributed by atoms with Crippen LogP contribution in [0, 0.1) is 0 Å². The Morgan fingerprint density at radius 1 is 1.57 bits per heavy atom. The van der Waals surface area contributed by atoms with Gasteiger partial charge in [0.1, 0.15) is 0 Å². The van der Waals surface area contributed by atoms with Crippen molar-refractivity contribution in [2.45, 2.75) is 18.9 Å². The van der Waals surface area contributed by atoms with Gasteiger partial charge in [-0.05, 0) is 31.5 Å². The van der Waals surface area contributed by atoms with E-state index in [9.17, 15) is 0 Å². The van der Waals surface area contributed by atoms with Crippen LogP contribution in [0.15, 0.2) is 22.2 Å². The molecule has 4 nitrogen and oxygen atoms in total. The number of allylic oxidation sites excluding steroid dienone is 1. The van der Waals surface area contributed by atoms with Crippen LogP contribution in [0.2, 0.25) is 0 Å². The third kappa shape index (κ3) is 2.67. The molecule has 1 saturated heterocycles. The molecule has 1 fully saturated rings. The van der Waals surface area contributed by atoms with Gasteiger partial charge in [-0.1, -0.05) is 0 Å². The van der Waals surface area contributed by atoms with Gasteiger partial charge in [-0.25, -0.2) is 0 Å². The second kappa shape index (κ2) is 4.91. The molecule has 2 heterocycles. The van der Waals surface area contributed by atoms with Gasteiger partial charge in [0, 0.05) is 12.8 Å². The first-order valence-electron chi connectivity index (χ1n) is 5.14. The summed E-state index contributed by atoms with van der Waals surface area (Å²) >= 11 is 0. The number of nitrogens with one attached hydrogen (secondary N) is 2. The minimum Gasteiger partial charge on any atom is -0.315 e. The van der Waals surface area contributed by atoms with Crippen LogP contribution in [0.4, 0.5) is 0 Å². The van der Waals surface area contributed by atoms with E-state index in [0.717, 1.165) is 18.8 Å². The fourth-order valence-electron chi connectivity index (χ4n) is 1.62. The number of nitrogens with zero attached hydrogens (tertiary/aromatic N) is 2. The highest BCUT2D eigenvalue weighted by Crippen LogP contribution is 2.01. The summed E-state index contributed by atoms with van der Waals surface area (Å²) in [6, 6.07) is 0.482. The highest BCUT2D eigenvalue weighted by atomic mass is 15.3. The molecule has 0 aromatic heterocycles. The fraction of sp³-hybridized carbons (Fsp3) is 0.600. The molecule has 0 aromatic carbocycles. The van der Waals surface area contributed by atoms with Gasteiger partial charge in [0.05, 0.1) is 18.3 Å². The number of piperidine rings is 1. The van der Waals surface area contributed by atoms with E-state index in [-0.39, 0.29) is 0 Å². The summed E-state index contributed by atoms with van der Waals surface area (Å²) < 4.78 is 0. The second-order valence-electron chi connectivity index (χ2n) is 3.62. The van der Waals surface area contributed by atoms with E-state index in [0.29, 0.717) is 12.6 Å². The Hall–Kier alpha value is -1.16. The predicted octanol–water partition coefficient (Wildman–Crippen LogP) is 0.325. The van der Waals surface area contributed by atoms with Crippen LogP contribution in [-0.2, 0) is 0 Å². The van der Waals surface area contributed by atoms with Crippen molar-refractivity contribution in [1.82, 2.24) is 10.7 Å². The Balaban J connectivity index is 1.79. The minimum absolute atomic E-state index is 0.482. The number of hydrazone groups is 1. The van der Waals surface area contributed by atoms with Crippen LogP contribution in [-0.4, -0.2) is 37.6 Å². The van der Waals surface area contributed by atoms with Crippen LogP contribution in [0.1, 0.15) is 12.8 Å². The molecule has 2 aliphatic heterocycles. The van der Waals surface area contributed by atoms with E-state index < -0.39 is 0 Å². The minimum atomic E-state index is 0.482. The van der Waals surface area contributed by atoms with Crippen LogP contribution in [0.3, 0.4) is 0 Å². The zero-order valence-electron chi connectivity index (χ0n) is 8.24. The van der Waals surface area contributed by atoms with Gasteiger partial charge in [-0.15, -0.1) is 0 Å². The van der Waals surface area contributed by atoms with Gasteiger partial charge in [-0.2, -0.15) is 5.10 Å². The molecule has 2 aliphatic rings. The van der Waals surface area contributed by atoms with Crippen molar-refractivity contribution in [3.63, 3.8) is 0 Å². The fourth-order valence-corrected chi connectivity index (χ4v) is 1.62. The third-order valence-corrected chi connectivity index (χ3v) is 2.42. The quantitative estimate of drug-likeness (QED) is 0.619. The lowest BCUT2D eigenvalue weighted by Crippen LogP contribution is -2.41. The Morgan fingerprint density at radius 3 is 3.29 bits per heavy atom. The molecular formula is C10H16N4. The van der Waals surface area contributed by atoms with E-state index in [4.69, 9.17) is 0 Å². The van der Waals surface area contributed by atoms with Crippen molar-refractivity contribution in [3.8, 4) is 0 Å². The smallest absolute Gasteiger partial charge is 0.0829 e. The first kappa shape index (κ1) is 9.40. The lowest BCUT2D eigenvalue weighted by Gasteiger charge is -2.22. The zero-order chi connectivity index (χ0) is 9.64. The molecule has 0 amide bonds. The molecule has 2 rings (SSSR count). The van der Waals surface area contributed by atoms with Crippen molar-refractivity contribution in [3.05, 3.63) is 12.2 Å². The molecule has 1 atom stereocenters. The molecule has 76 valence electrons. The van der Waals surface area contributed by atoms with Crippen LogP contribution in [0.25, 0.3) is 0 Å². The summed E-state index contributed by atoms with van der Waals surface area (Å²) in [4.78, 5) is 4.12. The molecule has 14 heavy (non-hydrogen) atoms. The molecular weight excluding hydrogens is 176 g/mol. The number of hydrogen-bond donors (Lipinski definition) is 2. The van der Waals surface area contributed by atoms with Gasteiger partial charge in [-0.3, -0.25) is 4.99 Å². The summed E-state index contributed by atoms with van der Waals surface area (Å²) in [6.45, 7) is 2.85. The SMILES string of the molecule is C1=C/C(=N\NC2CCCNC2)CN=C1. The standard InChI is InChI=1S/C10H16N4/c1-3-9(7-11-5-1)13-14-10-4-2-6-12-8-10/h1,3,5,10,12,14H,2,4,6-8H2/b13-9+. The molecule has 0 aliphatic carbocycles. The summed E-state index contributed by atoms with van der Waals surface area (Å²) in [7, 11) is 0. The van der Waals surface area contributed by atoms with E-state index in [1.54, 1.807) is 6.21 Å². The summed E-state index contributed by atoms with van der Waals surface area (Å²) in [6.07, 6.45) is 8.16. The maximum absolute atomic E-state index is 4.33. The van der Waals surface area contributed by atoms with E-state index in [1.165, 1.54) is 12.8 Å². The lowest BCUT2D eigenvalue weighted by atomic mass is 10.1. The highest BCUT2D eigenvalue weighted by molar-refractivity contribution is 6.02. The van der Waals surface area contributed by atoms with Crippen molar-refractivity contribution >= 4 is 11.9 Å². The van der Waals surface area contributed by atoms with Crippen LogP contribution >= 0.6 is 0 Å². The number of rotatable bonds is 2. The second-order valence-corrected chi connectivity index (χ2v) is 3.62. The first-order valence-corrected chi connectivity index (χ1v) is 5.14. The lowest BCUT2D eigenvalue weighted by molar-refractivity contribution is 0.398. The van der Waals surface area contributed by atoms with Crippen LogP contribution < -0.4 is 10.7 Å². The zero-order valence-corrected chi connectivity index (χ0v) is 8.24. The number of dihydropyridines is 1. The molecule has 0 spiro atoms. The van der Waals surface area contributed by atoms with E-state index >= 15 is 0 Å². The van der Waals surface area contributed by atoms with Gasteiger partial charge >= 0.3 is 0 Å². The van der Waals surface area contributed by atoms with Crippen molar-refractivity contribution in [2.24, 2.45) is 10.1 Å². The Kier molecular flexibility index (Phi) is 3.29. The Morgan fingerprint density at radius 2 is 2.57 bits per heavy atom. The average molecular weight is 192 g/mol. The van der Waals surface area contributed by atoms with E-state index in [2.05, 4.69) is 20.8 Å². The molecule has 0 radical (unpaired) electrons. The van der Waals surface area contributed by atoms with Crippen LogP contribution in [0.5, 0.6) is 0 Å². The third-order valence-electron chi connectivity index (χ3n) is 2.42. The van der Waals surface area contributed by atoms with Gasteiger partial charge < -0.3 is 10.7 Å². The highest BCUT2D eigenvalue weighted by Gasteiger charge is 2.11. The number of aliphatic imine (C=N–C) groups is 1. The largest absolute Gasteiger partial charge is 0.315 e. The van der Waals surface area contributed by atoms with Gasteiger partial charge in [0.2, 0.25) is 0 Å². The maximum atomic E-state index is 4.33. The van der Waals surface area contributed by atoms with Crippen molar-refractivity contribution < 1.29 is 0 Å². The normalized spacial score (nSPS) is 29.4. The first-order chi connectivity index (χ1) is 6.95. The summed E-state index contributed by atoms with van der Waals surface area (Å²) in [5, 5.41) is 7.68. The topological polar surface area (TPSA) is 48.8 Å². The van der Waals surface area contributed by atoms with Gasteiger partial charge in [0.25, 0.3) is 0 Å². The molecule has 4 heteroatoms. The number of hydrogen-bond acceptors (Lipinski definition) is 4. The van der Waals surface area contributed by atoms with Crippen molar-refractivity contribution in [2.75, 3.05) is 19.6 Å². The van der Waals surface area contributed by atoms with Gasteiger partial charge in [0.15, 0.2) is 0 Å². The summed E-state index contributed by atoms with van der Waals surface area (Å²) in [5.41, 5.74) is 4.20. The van der Waals surface area contributed by atoms with E-state index in [1.807, 2.05) is 12.2 Å². The summed E-state index contributed by atoms with van der Waals surface area (Å²) in [5.74, 6) is 0. The molecule has 1 unspecified atom stereocenters. The molecule has 0 saturated carbocycles. The predicted molar refractivity (Wildman–Crippen MR) is 59.0 cm³/mol. The average Bonchev–Trinajstić information content (AvgIpc) is 2.29. The Bertz CT molecular complexity index is 261. The van der Waals surface area contributed by atoms with Crippen molar-refractivity contribution in [1.29, 1.82) is 0 Å².